The van der Waals surface area contributed by atoms with Crippen LogP contribution in [0.5, 0.6) is 0 Å². The van der Waals surface area contributed by atoms with Crippen molar-refractivity contribution in [3.8, 4) is 0 Å². The molecule has 0 saturated carbocycles. The van der Waals surface area contributed by atoms with Gasteiger partial charge in [-0.25, -0.2) is 4.79 Å². The van der Waals surface area contributed by atoms with Gasteiger partial charge in [0.1, 0.15) is 42.7 Å². The van der Waals surface area contributed by atoms with E-state index in [0.717, 1.165) is 0 Å². The lowest BCUT2D eigenvalue weighted by Gasteiger charge is -2.49. The number of carboxylic acid groups (broad SMARTS) is 1. The summed E-state index contributed by atoms with van der Waals surface area (Å²) in [4.78, 5) is 23.7. The fraction of sp³-hybridized carbons (Fsp3) is 0.909. The summed E-state index contributed by atoms with van der Waals surface area (Å²) >= 11 is 0. The number of aliphatic hydroxyl groups excluding tert-OH is 4. The second-order valence-electron chi connectivity index (χ2n) is 10.7. The molecule has 0 radical (unpaired) electrons. The molecule has 0 spiro atoms. The van der Waals surface area contributed by atoms with Gasteiger partial charge in [0.25, 0.3) is 0 Å². The van der Waals surface area contributed by atoms with Crippen LogP contribution in [0.25, 0.3) is 0 Å². The van der Waals surface area contributed by atoms with E-state index in [4.69, 9.17) is 23.7 Å². The van der Waals surface area contributed by atoms with Gasteiger partial charge in [-0.15, -0.1) is 0 Å². The summed E-state index contributed by atoms with van der Waals surface area (Å²) in [6, 6.07) is -1.14. The molecular formula is C22H39NO12. The Labute approximate surface area is 204 Å². The highest BCUT2D eigenvalue weighted by Crippen LogP contribution is 2.33. The monoisotopic (exact) mass is 509 g/mol. The molecule has 1 amide bonds. The van der Waals surface area contributed by atoms with Crippen molar-refractivity contribution in [3.05, 3.63) is 0 Å². The van der Waals surface area contributed by atoms with Gasteiger partial charge in [-0.3, -0.25) is 4.79 Å². The van der Waals surface area contributed by atoms with Crippen LogP contribution in [0.2, 0.25) is 0 Å². The van der Waals surface area contributed by atoms with Gasteiger partial charge in [-0.1, -0.05) is 0 Å². The van der Waals surface area contributed by atoms with Crippen LogP contribution in [0.4, 0.5) is 0 Å². The Morgan fingerprint density at radius 3 is 1.89 bits per heavy atom. The number of carbonyl (C=O) groups is 2. The maximum absolute atomic E-state index is 12.0. The van der Waals surface area contributed by atoms with Gasteiger partial charge in [-0.05, 0) is 41.5 Å². The Hall–Kier alpha value is -1.42. The number of amides is 1. The van der Waals surface area contributed by atoms with E-state index in [1.165, 1.54) is 6.92 Å². The van der Waals surface area contributed by atoms with Crippen LogP contribution >= 0.6 is 0 Å². The van der Waals surface area contributed by atoms with Crippen molar-refractivity contribution >= 4 is 11.9 Å². The first-order valence-electron chi connectivity index (χ1n) is 11.4. The molecule has 0 aromatic rings. The molecule has 6 unspecified atom stereocenters. The van der Waals surface area contributed by atoms with Crippen molar-refractivity contribution in [2.75, 3.05) is 6.61 Å². The Kier molecular flexibility index (Phi) is 9.64. The molecule has 2 fully saturated rings. The highest BCUT2D eigenvalue weighted by Gasteiger charge is 2.54. The maximum atomic E-state index is 12.0. The molecule has 2 aliphatic heterocycles. The number of nitrogens with one attached hydrogen (secondary N) is 1. The minimum Gasteiger partial charge on any atom is -0.479 e. The average molecular weight is 510 g/mol. The average Bonchev–Trinajstić information content (AvgIpc) is 2.69. The van der Waals surface area contributed by atoms with Gasteiger partial charge in [0.15, 0.2) is 18.7 Å². The predicted molar refractivity (Wildman–Crippen MR) is 118 cm³/mol. The predicted octanol–water partition coefficient (Wildman–Crippen LogP) is -1.52. The zero-order valence-corrected chi connectivity index (χ0v) is 21.1. The topological polar surface area (TPSA) is 193 Å². The largest absolute Gasteiger partial charge is 0.479 e. The molecule has 6 N–H and O–H groups in total. The van der Waals surface area contributed by atoms with E-state index in [1.54, 1.807) is 41.5 Å². The number of aliphatic carboxylic acids is 1. The molecule has 0 bridgehead atoms. The number of rotatable bonds is 7. The Morgan fingerprint density at radius 1 is 0.857 bits per heavy atom. The molecule has 204 valence electrons. The van der Waals surface area contributed by atoms with E-state index < -0.39 is 91.0 Å². The zero-order valence-electron chi connectivity index (χ0n) is 21.1. The molecule has 13 heteroatoms. The fourth-order valence-electron chi connectivity index (χ4n) is 3.92. The van der Waals surface area contributed by atoms with E-state index in [0.29, 0.717) is 0 Å². The highest BCUT2D eigenvalue weighted by molar-refractivity contribution is 5.73. The van der Waals surface area contributed by atoms with Gasteiger partial charge >= 0.3 is 5.97 Å². The number of ether oxygens (including phenoxy) is 5. The number of aliphatic hydroxyl groups is 4. The highest BCUT2D eigenvalue weighted by atomic mass is 16.7. The van der Waals surface area contributed by atoms with Gasteiger partial charge in [0.2, 0.25) is 5.91 Å². The van der Waals surface area contributed by atoms with Crippen LogP contribution < -0.4 is 5.32 Å². The van der Waals surface area contributed by atoms with Crippen LogP contribution in [0.3, 0.4) is 0 Å². The lowest BCUT2D eigenvalue weighted by molar-refractivity contribution is -0.352. The SMILES string of the molecule is CC(=O)NC1C(O[C@@H]2OC(C(=O)O)[C@@H](O)C(OC(C)(C)C)C2O)[C@H](O)C(CO)O[C@H]1OC(C)(C)C. The second-order valence-corrected chi connectivity index (χ2v) is 10.7. The van der Waals surface area contributed by atoms with Crippen molar-refractivity contribution in [1.82, 2.24) is 5.32 Å². The molecule has 2 saturated heterocycles. The normalized spacial score (nSPS) is 38.7. The molecule has 0 aromatic carbocycles. The Bertz CT molecular complexity index is 735. The van der Waals surface area contributed by atoms with Crippen LogP contribution in [0, 0.1) is 0 Å². The van der Waals surface area contributed by atoms with E-state index in [1.807, 2.05) is 0 Å². The third-order valence-electron chi connectivity index (χ3n) is 5.26. The van der Waals surface area contributed by atoms with Crippen molar-refractivity contribution in [1.29, 1.82) is 0 Å². The smallest absolute Gasteiger partial charge is 0.335 e. The summed E-state index contributed by atoms with van der Waals surface area (Å²) in [6.07, 6.45) is -13.6. The first kappa shape index (κ1) is 29.8. The van der Waals surface area contributed by atoms with Crippen LogP contribution in [-0.2, 0) is 33.3 Å². The van der Waals surface area contributed by atoms with E-state index in [-0.39, 0.29) is 0 Å². The molecule has 2 aliphatic rings. The summed E-state index contributed by atoms with van der Waals surface area (Å²) in [5.41, 5.74) is -1.64. The quantitative estimate of drug-likeness (QED) is 0.233. The molecule has 2 heterocycles. The van der Waals surface area contributed by atoms with Crippen molar-refractivity contribution in [2.45, 2.75) is 121 Å². The Morgan fingerprint density at radius 2 is 1.43 bits per heavy atom. The summed E-state index contributed by atoms with van der Waals surface area (Å²) < 4.78 is 28.5. The van der Waals surface area contributed by atoms with E-state index >= 15 is 0 Å². The van der Waals surface area contributed by atoms with E-state index in [2.05, 4.69) is 5.32 Å². The summed E-state index contributed by atoms with van der Waals surface area (Å²) in [7, 11) is 0. The van der Waals surface area contributed by atoms with Crippen molar-refractivity contribution in [3.63, 3.8) is 0 Å². The third-order valence-corrected chi connectivity index (χ3v) is 5.26. The summed E-state index contributed by atoms with van der Waals surface area (Å²) in [5.74, 6) is -2.03. The zero-order chi connectivity index (χ0) is 26.9. The van der Waals surface area contributed by atoms with Crippen LogP contribution in [0.1, 0.15) is 48.5 Å². The van der Waals surface area contributed by atoms with E-state index in [9.17, 15) is 35.1 Å². The van der Waals surface area contributed by atoms with Crippen LogP contribution in [0.15, 0.2) is 0 Å². The van der Waals surface area contributed by atoms with Crippen molar-refractivity contribution in [2.24, 2.45) is 0 Å². The number of carboxylic acids is 1. The van der Waals surface area contributed by atoms with Crippen LogP contribution in [-0.4, -0.2) is 117 Å². The lowest BCUT2D eigenvalue weighted by Crippen LogP contribution is -2.69. The van der Waals surface area contributed by atoms with Gasteiger partial charge in [0, 0.05) is 6.92 Å². The summed E-state index contributed by atoms with van der Waals surface area (Å²) in [6.45, 7) is 10.8. The standard InChI is InChI=1S/C22H39NO12/c1-9(25)23-11-15(12(26)10(8-24)31-19(11)35-22(5,6)7)32-20-14(28)16(34-21(2,3)4)13(27)17(33-20)18(29)30/h10-17,19-20,24,26-28H,8H2,1-7H3,(H,23,25)(H,29,30)/t10?,11?,12-,13+,14?,15?,16?,17?,19+,20-/m1/s1. The molecular weight excluding hydrogens is 470 g/mol. The fourth-order valence-corrected chi connectivity index (χ4v) is 3.92. The number of hydrogen-bond acceptors (Lipinski definition) is 11. The molecule has 0 aromatic heterocycles. The minimum atomic E-state index is -1.82. The summed E-state index contributed by atoms with van der Waals surface area (Å²) in [5, 5.41) is 54.2. The molecule has 35 heavy (non-hydrogen) atoms. The molecule has 13 nitrogen and oxygen atoms in total. The maximum Gasteiger partial charge on any atom is 0.335 e. The second kappa shape index (κ2) is 11.3. The number of carbonyl (C=O) groups excluding carboxylic acids is 1. The molecule has 0 aliphatic carbocycles. The third kappa shape index (κ3) is 7.78. The number of hydrogen-bond donors (Lipinski definition) is 6. The first-order valence-corrected chi connectivity index (χ1v) is 11.4. The lowest BCUT2D eigenvalue weighted by atomic mass is 9.94. The minimum absolute atomic E-state index is 0.512. The molecule has 2 rings (SSSR count). The Balaban J connectivity index is 2.42. The first-order chi connectivity index (χ1) is 15.9. The van der Waals surface area contributed by atoms with Gasteiger partial charge in [0.05, 0.1) is 17.8 Å². The van der Waals surface area contributed by atoms with Gasteiger partial charge in [-0.2, -0.15) is 0 Å². The molecule has 10 atom stereocenters. The van der Waals surface area contributed by atoms with Gasteiger partial charge < -0.3 is 54.5 Å². The van der Waals surface area contributed by atoms with Crippen molar-refractivity contribution < 1.29 is 58.8 Å².